The Hall–Kier alpha value is -3.03. The molecule has 0 spiro atoms. The Kier molecular flexibility index (Phi) is 6.86. The van der Waals surface area contributed by atoms with E-state index in [4.69, 9.17) is 46.4 Å². The fourth-order valence-corrected chi connectivity index (χ4v) is 4.13. The Bertz CT molecular complexity index is 1370. The number of imide groups is 1. The minimum absolute atomic E-state index is 0.0594. The van der Waals surface area contributed by atoms with Crippen LogP contribution < -0.4 is 15.5 Å². The molecule has 34 heavy (non-hydrogen) atoms. The van der Waals surface area contributed by atoms with Gasteiger partial charge in [0.15, 0.2) is 0 Å². The van der Waals surface area contributed by atoms with Crippen LogP contribution in [0, 0.1) is 6.92 Å². The molecule has 4 rings (SSSR count). The van der Waals surface area contributed by atoms with Crippen molar-refractivity contribution in [2.24, 2.45) is 0 Å². The summed E-state index contributed by atoms with van der Waals surface area (Å²) in [4.78, 5) is 39.0. The van der Waals surface area contributed by atoms with Crippen LogP contribution in [0.3, 0.4) is 0 Å². The monoisotopic (exact) mass is 533 g/mol. The quantitative estimate of drug-likeness (QED) is 0.284. The normalized spacial score (nSPS) is 13.5. The van der Waals surface area contributed by atoms with Gasteiger partial charge in [-0.05, 0) is 61.0 Å². The Labute approximate surface area is 215 Å². The highest BCUT2D eigenvalue weighted by atomic mass is 35.5. The summed E-state index contributed by atoms with van der Waals surface area (Å²) in [5.74, 6) is -1.76. The molecule has 1 aliphatic heterocycles. The van der Waals surface area contributed by atoms with Crippen molar-refractivity contribution in [3.8, 4) is 0 Å². The Balaban J connectivity index is 1.51. The van der Waals surface area contributed by atoms with Crippen molar-refractivity contribution >= 4 is 81.2 Å². The average Bonchev–Trinajstić information content (AvgIpc) is 3.00. The van der Waals surface area contributed by atoms with Crippen LogP contribution in [0.2, 0.25) is 15.1 Å². The molecule has 3 aromatic rings. The number of anilines is 3. The van der Waals surface area contributed by atoms with E-state index >= 15 is 0 Å². The molecule has 0 fully saturated rings. The number of hydrogen-bond acceptors (Lipinski definition) is 4. The molecule has 0 saturated heterocycles. The summed E-state index contributed by atoms with van der Waals surface area (Å²) >= 11 is 24.3. The number of aryl methyl sites for hydroxylation is 1. The van der Waals surface area contributed by atoms with Gasteiger partial charge in [0.1, 0.15) is 10.7 Å². The summed E-state index contributed by atoms with van der Waals surface area (Å²) < 4.78 is 0. The molecule has 0 saturated carbocycles. The zero-order chi connectivity index (χ0) is 24.6. The van der Waals surface area contributed by atoms with Gasteiger partial charge in [-0.2, -0.15) is 0 Å². The average molecular weight is 535 g/mol. The molecule has 0 bridgehead atoms. The summed E-state index contributed by atoms with van der Waals surface area (Å²) in [6.07, 6.45) is 0. The van der Waals surface area contributed by atoms with Crippen molar-refractivity contribution in [3.05, 3.63) is 97.6 Å². The molecule has 1 aliphatic rings. The summed E-state index contributed by atoms with van der Waals surface area (Å²) in [6, 6.07) is 16.4. The lowest BCUT2D eigenvalue weighted by atomic mass is 10.1. The van der Waals surface area contributed by atoms with Crippen LogP contribution in [0.15, 0.2) is 71.4 Å². The van der Waals surface area contributed by atoms with Gasteiger partial charge < -0.3 is 10.6 Å². The highest BCUT2D eigenvalue weighted by Crippen LogP contribution is 2.38. The molecule has 0 unspecified atom stereocenters. The maximum absolute atomic E-state index is 13.0. The van der Waals surface area contributed by atoms with E-state index in [1.54, 1.807) is 30.3 Å². The van der Waals surface area contributed by atoms with E-state index in [0.29, 0.717) is 16.9 Å². The number of benzene rings is 3. The molecule has 0 radical (unpaired) electrons. The Morgan fingerprint density at radius 3 is 2.15 bits per heavy atom. The zero-order valence-corrected chi connectivity index (χ0v) is 20.5. The number of nitrogens with one attached hydrogen (secondary N) is 2. The van der Waals surface area contributed by atoms with Crippen LogP contribution in [-0.4, -0.2) is 17.7 Å². The lowest BCUT2D eigenvalue weighted by molar-refractivity contribution is -0.120. The van der Waals surface area contributed by atoms with E-state index in [-0.39, 0.29) is 37.4 Å². The van der Waals surface area contributed by atoms with E-state index in [2.05, 4.69) is 10.6 Å². The topological polar surface area (TPSA) is 78.5 Å². The van der Waals surface area contributed by atoms with Crippen molar-refractivity contribution in [3.63, 3.8) is 0 Å². The first-order valence-corrected chi connectivity index (χ1v) is 11.3. The second-order valence-corrected chi connectivity index (χ2v) is 8.98. The zero-order valence-electron chi connectivity index (χ0n) is 17.5. The van der Waals surface area contributed by atoms with Gasteiger partial charge in [0.2, 0.25) is 0 Å². The highest BCUT2D eigenvalue weighted by molar-refractivity contribution is 6.54. The van der Waals surface area contributed by atoms with Gasteiger partial charge in [0.05, 0.1) is 20.8 Å². The smallest absolute Gasteiger partial charge is 0.283 e. The van der Waals surface area contributed by atoms with Crippen LogP contribution in [0.1, 0.15) is 15.9 Å². The first kappa shape index (κ1) is 24.1. The van der Waals surface area contributed by atoms with E-state index in [0.717, 1.165) is 10.5 Å². The van der Waals surface area contributed by atoms with Gasteiger partial charge in [-0.3, -0.25) is 14.4 Å². The predicted molar refractivity (Wildman–Crippen MR) is 136 cm³/mol. The SMILES string of the molecule is Cc1cccc(NC(=O)c2ccc(NC3=C(Cl)C(=O)N(c4cc(Cl)c(Cl)cc4Cl)C3=O)cc2)c1. The molecule has 172 valence electrons. The summed E-state index contributed by atoms with van der Waals surface area (Å²) in [5.41, 5.74) is 2.48. The first-order chi connectivity index (χ1) is 16.2. The van der Waals surface area contributed by atoms with Gasteiger partial charge in [-0.25, -0.2) is 4.90 Å². The van der Waals surface area contributed by atoms with Gasteiger partial charge in [0.25, 0.3) is 17.7 Å². The molecular formula is C24H15Cl4N3O3. The summed E-state index contributed by atoms with van der Waals surface area (Å²) in [6.45, 7) is 1.93. The van der Waals surface area contributed by atoms with Crippen LogP contribution >= 0.6 is 46.4 Å². The largest absolute Gasteiger partial charge is 0.350 e. The minimum Gasteiger partial charge on any atom is -0.350 e. The molecule has 3 amide bonds. The molecule has 0 aromatic heterocycles. The third-order valence-corrected chi connectivity index (χ3v) is 6.33. The molecular weight excluding hydrogens is 520 g/mol. The number of rotatable bonds is 5. The van der Waals surface area contributed by atoms with Gasteiger partial charge in [0, 0.05) is 16.9 Å². The number of carbonyl (C=O) groups is 3. The predicted octanol–water partition coefficient (Wildman–Crippen LogP) is 6.64. The van der Waals surface area contributed by atoms with Crippen LogP contribution in [0.25, 0.3) is 0 Å². The fourth-order valence-electron chi connectivity index (χ4n) is 3.29. The standard InChI is InChI=1S/C24H15Cl4N3O3/c1-12-3-2-4-15(9-12)30-22(32)13-5-7-14(8-6-13)29-21-20(28)23(33)31(24(21)34)19-11-17(26)16(25)10-18(19)27/h2-11,29H,1H3,(H,30,32). The maximum atomic E-state index is 13.0. The molecule has 10 heteroatoms. The van der Waals surface area contributed by atoms with Crippen molar-refractivity contribution in [1.29, 1.82) is 0 Å². The van der Waals surface area contributed by atoms with E-state index in [9.17, 15) is 14.4 Å². The van der Waals surface area contributed by atoms with Gasteiger partial charge in [-0.1, -0.05) is 58.5 Å². The van der Waals surface area contributed by atoms with Crippen LogP contribution in [0.4, 0.5) is 17.1 Å². The number of amides is 3. The highest BCUT2D eigenvalue weighted by Gasteiger charge is 2.40. The molecule has 3 aromatic carbocycles. The van der Waals surface area contributed by atoms with Crippen molar-refractivity contribution in [1.82, 2.24) is 0 Å². The number of hydrogen-bond donors (Lipinski definition) is 2. The second-order valence-electron chi connectivity index (χ2n) is 7.38. The minimum atomic E-state index is -0.761. The molecule has 6 nitrogen and oxygen atoms in total. The number of halogens is 4. The second kappa shape index (κ2) is 9.68. The lowest BCUT2D eigenvalue weighted by Crippen LogP contribution is -2.32. The number of nitrogens with zero attached hydrogens (tertiary/aromatic N) is 1. The summed E-state index contributed by atoms with van der Waals surface area (Å²) in [7, 11) is 0. The van der Waals surface area contributed by atoms with Crippen LogP contribution in [-0.2, 0) is 9.59 Å². The third kappa shape index (κ3) is 4.76. The third-order valence-electron chi connectivity index (χ3n) is 4.95. The van der Waals surface area contributed by atoms with E-state index < -0.39 is 11.8 Å². The molecule has 0 atom stereocenters. The van der Waals surface area contributed by atoms with E-state index in [1.165, 1.54) is 12.1 Å². The van der Waals surface area contributed by atoms with E-state index in [1.807, 2.05) is 25.1 Å². The maximum Gasteiger partial charge on any atom is 0.283 e. The molecule has 0 aliphatic carbocycles. The number of carbonyl (C=O) groups excluding carboxylic acids is 3. The van der Waals surface area contributed by atoms with Gasteiger partial charge in [-0.15, -0.1) is 0 Å². The Morgan fingerprint density at radius 1 is 0.794 bits per heavy atom. The lowest BCUT2D eigenvalue weighted by Gasteiger charge is -2.17. The Morgan fingerprint density at radius 2 is 1.47 bits per heavy atom. The molecule has 2 N–H and O–H groups in total. The summed E-state index contributed by atoms with van der Waals surface area (Å²) in [5, 5.41) is 5.71. The van der Waals surface area contributed by atoms with Crippen molar-refractivity contribution in [2.75, 3.05) is 15.5 Å². The van der Waals surface area contributed by atoms with Crippen molar-refractivity contribution < 1.29 is 14.4 Å². The van der Waals surface area contributed by atoms with Crippen LogP contribution in [0.5, 0.6) is 0 Å². The van der Waals surface area contributed by atoms with Gasteiger partial charge >= 0.3 is 0 Å². The fraction of sp³-hybridized carbons (Fsp3) is 0.0417. The molecule has 1 heterocycles. The first-order valence-electron chi connectivity index (χ1n) is 9.84. The van der Waals surface area contributed by atoms with Crippen molar-refractivity contribution in [2.45, 2.75) is 6.92 Å².